The van der Waals surface area contributed by atoms with E-state index in [1.165, 1.54) is 6.92 Å². The van der Waals surface area contributed by atoms with Crippen LogP contribution in [-0.2, 0) is 9.53 Å². The molecular formula is C25H26N2O5. The summed E-state index contributed by atoms with van der Waals surface area (Å²) in [5.41, 5.74) is 2.51. The van der Waals surface area contributed by atoms with Gasteiger partial charge in [0.05, 0.1) is 23.9 Å². The average Bonchev–Trinajstić information content (AvgIpc) is 2.78. The van der Waals surface area contributed by atoms with Crippen LogP contribution in [0, 0.1) is 12.8 Å². The molecule has 0 spiro atoms. The molecule has 7 nitrogen and oxygen atoms in total. The second-order valence-electron chi connectivity index (χ2n) is 7.81. The van der Waals surface area contributed by atoms with Crippen LogP contribution in [0.2, 0.25) is 0 Å². The van der Waals surface area contributed by atoms with Crippen molar-refractivity contribution in [2.24, 2.45) is 5.92 Å². The van der Waals surface area contributed by atoms with Crippen molar-refractivity contribution in [2.45, 2.75) is 33.8 Å². The Bertz CT molecular complexity index is 1170. The highest BCUT2D eigenvalue weighted by molar-refractivity contribution is 6.02. The van der Waals surface area contributed by atoms with Crippen LogP contribution in [0.1, 0.15) is 47.2 Å². The van der Waals surface area contributed by atoms with Crippen molar-refractivity contribution in [3.05, 3.63) is 65.4 Å². The molecule has 0 fully saturated rings. The molecule has 1 unspecified atom stereocenters. The normalized spacial score (nSPS) is 11.8. The van der Waals surface area contributed by atoms with Crippen LogP contribution in [-0.4, -0.2) is 35.9 Å². The van der Waals surface area contributed by atoms with E-state index in [1.54, 1.807) is 70.3 Å². The molecule has 32 heavy (non-hydrogen) atoms. The van der Waals surface area contributed by atoms with Crippen LogP contribution in [0.25, 0.3) is 10.9 Å². The molecule has 7 heteroatoms. The Morgan fingerprint density at radius 3 is 2.28 bits per heavy atom. The Balaban J connectivity index is 1.73. The largest absolute Gasteiger partial charge is 0.497 e. The van der Waals surface area contributed by atoms with E-state index in [9.17, 15) is 14.4 Å². The van der Waals surface area contributed by atoms with Crippen LogP contribution in [0.3, 0.4) is 0 Å². The highest BCUT2D eigenvalue weighted by atomic mass is 16.5. The van der Waals surface area contributed by atoms with E-state index < -0.39 is 12.1 Å². The second kappa shape index (κ2) is 9.60. The van der Waals surface area contributed by atoms with Gasteiger partial charge in [0.1, 0.15) is 5.75 Å². The number of rotatable bonds is 7. The van der Waals surface area contributed by atoms with Gasteiger partial charge in [0.2, 0.25) is 11.7 Å². The van der Waals surface area contributed by atoms with Crippen molar-refractivity contribution in [3.63, 3.8) is 0 Å². The number of hydrogen-bond donors (Lipinski definition) is 1. The summed E-state index contributed by atoms with van der Waals surface area (Å²) < 4.78 is 10.7. The van der Waals surface area contributed by atoms with Gasteiger partial charge >= 0.3 is 5.97 Å². The zero-order valence-electron chi connectivity index (χ0n) is 18.8. The number of anilines is 1. The van der Waals surface area contributed by atoms with Crippen LogP contribution in [0.15, 0.2) is 48.5 Å². The molecule has 1 atom stereocenters. The Morgan fingerprint density at radius 1 is 0.969 bits per heavy atom. The number of Topliss-reactive ketones (excluding diaryl/α,β-unsaturated/α-hetero) is 1. The van der Waals surface area contributed by atoms with E-state index in [1.807, 2.05) is 6.07 Å². The minimum absolute atomic E-state index is 0.108. The Labute approximate surface area is 186 Å². The van der Waals surface area contributed by atoms with E-state index in [4.69, 9.17) is 9.47 Å². The number of pyridine rings is 1. The van der Waals surface area contributed by atoms with Gasteiger partial charge in [-0.2, -0.15) is 0 Å². The van der Waals surface area contributed by atoms with Crippen LogP contribution in [0.4, 0.5) is 5.69 Å². The monoisotopic (exact) mass is 434 g/mol. The zero-order chi connectivity index (χ0) is 23.4. The molecule has 1 heterocycles. The number of amides is 1. The predicted molar refractivity (Wildman–Crippen MR) is 122 cm³/mol. The number of nitrogens with zero attached hydrogens (tertiary/aromatic N) is 1. The third-order valence-electron chi connectivity index (χ3n) is 5.05. The lowest BCUT2D eigenvalue weighted by atomic mass is 10.1. The number of methoxy groups -OCH3 is 1. The van der Waals surface area contributed by atoms with Crippen molar-refractivity contribution in [3.8, 4) is 5.75 Å². The second-order valence-corrected chi connectivity index (χ2v) is 7.81. The quantitative estimate of drug-likeness (QED) is 0.432. The molecule has 0 bridgehead atoms. The van der Waals surface area contributed by atoms with Gasteiger partial charge < -0.3 is 14.8 Å². The number of aryl methyl sites for hydroxylation is 1. The lowest BCUT2D eigenvalue weighted by molar-refractivity contribution is -0.118. The van der Waals surface area contributed by atoms with Crippen molar-refractivity contribution in [1.29, 1.82) is 0 Å². The first kappa shape index (κ1) is 22.9. The van der Waals surface area contributed by atoms with Crippen LogP contribution >= 0.6 is 0 Å². The number of aromatic nitrogens is 1. The van der Waals surface area contributed by atoms with Gasteiger partial charge in [0, 0.05) is 22.6 Å². The molecule has 0 aliphatic carbocycles. The molecule has 0 aliphatic rings. The number of carbonyl (C=O) groups excluding carboxylic acids is 3. The minimum Gasteiger partial charge on any atom is -0.497 e. The highest BCUT2D eigenvalue weighted by Gasteiger charge is 2.22. The van der Waals surface area contributed by atoms with Gasteiger partial charge in [-0.05, 0) is 62.4 Å². The van der Waals surface area contributed by atoms with E-state index in [0.717, 1.165) is 10.9 Å². The molecule has 0 saturated heterocycles. The van der Waals surface area contributed by atoms with Crippen LogP contribution < -0.4 is 10.1 Å². The topological polar surface area (TPSA) is 94.6 Å². The third-order valence-corrected chi connectivity index (χ3v) is 5.05. The van der Waals surface area contributed by atoms with Gasteiger partial charge in [0.25, 0.3) is 0 Å². The minimum atomic E-state index is -0.987. The molecule has 0 radical (unpaired) electrons. The molecule has 0 saturated carbocycles. The first-order valence-electron chi connectivity index (χ1n) is 10.3. The molecular weight excluding hydrogens is 408 g/mol. The molecule has 1 aromatic heterocycles. The van der Waals surface area contributed by atoms with E-state index in [0.29, 0.717) is 22.7 Å². The summed E-state index contributed by atoms with van der Waals surface area (Å²) in [6.07, 6.45) is -0.987. The van der Waals surface area contributed by atoms with Crippen molar-refractivity contribution < 1.29 is 23.9 Å². The van der Waals surface area contributed by atoms with E-state index in [-0.39, 0.29) is 23.2 Å². The number of esters is 1. The number of benzene rings is 2. The summed E-state index contributed by atoms with van der Waals surface area (Å²) in [7, 11) is 1.57. The maximum Gasteiger partial charge on any atom is 0.340 e. The van der Waals surface area contributed by atoms with Gasteiger partial charge in [-0.15, -0.1) is 0 Å². The molecule has 0 aliphatic heterocycles. The molecule has 3 rings (SSSR count). The maximum absolute atomic E-state index is 12.8. The number of nitrogens with one attached hydrogen (secondary N) is 1. The lowest BCUT2D eigenvalue weighted by Gasteiger charge is -2.14. The van der Waals surface area contributed by atoms with Crippen molar-refractivity contribution in [2.75, 3.05) is 12.4 Å². The summed E-state index contributed by atoms with van der Waals surface area (Å²) in [4.78, 5) is 41.7. The number of ether oxygens (including phenoxy) is 2. The van der Waals surface area contributed by atoms with E-state index in [2.05, 4.69) is 10.3 Å². The standard InChI is InChI=1S/C25H26N2O5/c1-14(2)24(29)27-19-8-6-17(7-9-19)23(28)16(4)32-25(30)21-13-18-12-20(31-5)10-11-22(18)26-15(21)3/h6-14,16H,1-5H3,(H,27,29). The summed E-state index contributed by atoms with van der Waals surface area (Å²) in [5, 5.41) is 3.50. The average molecular weight is 434 g/mol. The van der Waals surface area contributed by atoms with Gasteiger partial charge in [-0.3, -0.25) is 14.6 Å². The van der Waals surface area contributed by atoms with Gasteiger partial charge in [-0.25, -0.2) is 4.79 Å². The Hall–Kier alpha value is -3.74. The summed E-state index contributed by atoms with van der Waals surface area (Å²) in [6, 6.07) is 13.6. The lowest BCUT2D eigenvalue weighted by Crippen LogP contribution is -2.25. The molecule has 1 N–H and O–H groups in total. The fourth-order valence-corrected chi connectivity index (χ4v) is 3.10. The van der Waals surface area contributed by atoms with Crippen molar-refractivity contribution in [1.82, 2.24) is 4.98 Å². The molecule has 2 aromatic carbocycles. The Morgan fingerprint density at radius 2 is 1.66 bits per heavy atom. The van der Waals surface area contributed by atoms with Gasteiger partial charge in [-0.1, -0.05) is 13.8 Å². The SMILES string of the molecule is COc1ccc2nc(C)c(C(=O)OC(C)C(=O)c3ccc(NC(=O)C(C)C)cc3)cc2c1. The predicted octanol–water partition coefficient (Wildman–Crippen LogP) is 4.57. The third kappa shape index (κ3) is 5.11. The Kier molecular flexibility index (Phi) is 6.88. The van der Waals surface area contributed by atoms with E-state index >= 15 is 0 Å². The number of ketones is 1. The molecule has 166 valence electrons. The number of fused-ring (bicyclic) bond motifs is 1. The summed E-state index contributed by atoms with van der Waals surface area (Å²) >= 11 is 0. The summed E-state index contributed by atoms with van der Waals surface area (Å²) in [5.74, 6) is -0.568. The number of hydrogen-bond acceptors (Lipinski definition) is 6. The maximum atomic E-state index is 12.8. The number of carbonyl (C=O) groups is 3. The summed E-state index contributed by atoms with van der Waals surface area (Å²) in [6.45, 7) is 6.84. The first-order valence-corrected chi connectivity index (χ1v) is 10.3. The molecule has 3 aromatic rings. The molecule has 1 amide bonds. The smallest absolute Gasteiger partial charge is 0.340 e. The van der Waals surface area contributed by atoms with Gasteiger partial charge in [0.15, 0.2) is 6.10 Å². The fraction of sp³-hybridized carbons (Fsp3) is 0.280. The van der Waals surface area contributed by atoms with Crippen molar-refractivity contribution >= 4 is 34.3 Å². The fourth-order valence-electron chi connectivity index (χ4n) is 3.10. The first-order chi connectivity index (χ1) is 15.2. The zero-order valence-corrected chi connectivity index (χ0v) is 18.8. The highest BCUT2D eigenvalue weighted by Crippen LogP contribution is 2.23. The van der Waals surface area contributed by atoms with Crippen LogP contribution in [0.5, 0.6) is 5.75 Å².